The summed E-state index contributed by atoms with van der Waals surface area (Å²) in [7, 11) is 0. The van der Waals surface area contributed by atoms with E-state index in [-0.39, 0.29) is 11.3 Å². The molecule has 0 unspecified atom stereocenters. The van der Waals surface area contributed by atoms with E-state index in [4.69, 9.17) is 0 Å². The Morgan fingerprint density at radius 2 is 1.68 bits per heavy atom. The second kappa shape index (κ2) is 6.11. The first-order chi connectivity index (χ1) is 12.0. The van der Waals surface area contributed by atoms with E-state index in [0.717, 1.165) is 18.5 Å². The first-order valence-corrected chi connectivity index (χ1v) is 9.48. The fraction of sp³-hybridized carbons (Fsp3) is 0.778. The van der Waals surface area contributed by atoms with Gasteiger partial charge in [-0.1, -0.05) is 5.21 Å². The number of rotatable bonds is 5. The Labute approximate surface area is 147 Å². The molecule has 0 aromatic carbocycles. The van der Waals surface area contributed by atoms with Crippen molar-refractivity contribution in [3.8, 4) is 0 Å². The van der Waals surface area contributed by atoms with Gasteiger partial charge in [-0.3, -0.25) is 9.59 Å². The largest absolute Gasteiger partial charge is 0.481 e. The SMILES string of the molecule is O=C(O)C12CCC(C(=O)NCCn3nnc4c3CCCC4)(CC1)CC2. The maximum atomic E-state index is 12.8. The Hall–Kier alpha value is -1.92. The molecule has 136 valence electrons. The number of hydrogen-bond donors (Lipinski definition) is 2. The standard InChI is InChI=1S/C18H26N4O3/c23-15(17-5-8-18(9-6-17,10-7-17)16(24)25)19-11-12-22-14-4-2-1-3-13(14)20-21-22/h1-12H2,(H,19,23)(H,24,25). The van der Waals surface area contributed by atoms with E-state index in [9.17, 15) is 14.7 Å². The summed E-state index contributed by atoms with van der Waals surface area (Å²) in [6.07, 6.45) is 8.39. The van der Waals surface area contributed by atoms with Crippen LogP contribution in [0.1, 0.15) is 62.8 Å². The Balaban J connectivity index is 1.33. The fourth-order valence-electron chi connectivity index (χ4n) is 4.91. The molecule has 2 bridgehead atoms. The summed E-state index contributed by atoms with van der Waals surface area (Å²) in [4.78, 5) is 24.3. The minimum atomic E-state index is -0.683. The summed E-state index contributed by atoms with van der Waals surface area (Å²) in [6.45, 7) is 1.21. The predicted octanol–water partition coefficient (Wildman–Crippen LogP) is 1.70. The van der Waals surface area contributed by atoms with Gasteiger partial charge in [-0.15, -0.1) is 5.10 Å². The summed E-state index contributed by atoms with van der Waals surface area (Å²) >= 11 is 0. The van der Waals surface area contributed by atoms with E-state index in [0.29, 0.717) is 51.6 Å². The number of hydrogen-bond acceptors (Lipinski definition) is 4. The lowest BCUT2D eigenvalue weighted by atomic mass is 9.53. The second-order valence-electron chi connectivity index (χ2n) is 8.03. The topological polar surface area (TPSA) is 97.1 Å². The number of nitrogens with one attached hydrogen (secondary N) is 1. The Morgan fingerprint density at radius 3 is 2.36 bits per heavy atom. The molecular weight excluding hydrogens is 320 g/mol. The number of amides is 1. The fourth-order valence-corrected chi connectivity index (χ4v) is 4.91. The molecule has 1 aromatic heterocycles. The highest BCUT2D eigenvalue weighted by Gasteiger charge is 2.55. The molecule has 1 heterocycles. The van der Waals surface area contributed by atoms with Gasteiger partial charge >= 0.3 is 5.97 Å². The molecule has 3 fully saturated rings. The maximum Gasteiger partial charge on any atom is 0.309 e. The summed E-state index contributed by atoms with van der Waals surface area (Å²) in [5, 5.41) is 21.0. The highest BCUT2D eigenvalue weighted by atomic mass is 16.4. The van der Waals surface area contributed by atoms with Gasteiger partial charge in [0, 0.05) is 12.0 Å². The van der Waals surface area contributed by atoms with E-state index in [1.807, 2.05) is 4.68 Å². The lowest BCUT2D eigenvalue weighted by molar-refractivity contribution is -0.163. The first kappa shape index (κ1) is 16.5. The number of aliphatic carboxylic acids is 1. The van der Waals surface area contributed by atoms with Crippen molar-refractivity contribution in [3.63, 3.8) is 0 Å². The van der Waals surface area contributed by atoms with Crippen molar-refractivity contribution in [2.24, 2.45) is 10.8 Å². The molecule has 4 aliphatic rings. The molecule has 0 radical (unpaired) electrons. The van der Waals surface area contributed by atoms with Crippen LogP contribution >= 0.6 is 0 Å². The van der Waals surface area contributed by atoms with E-state index >= 15 is 0 Å². The Kier molecular flexibility index (Phi) is 4.04. The van der Waals surface area contributed by atoms with Crippen molar-refractivity contribution >= 4 is 11.9 Å². The number of aromatic nitrogens is 3. The quantitative estimate of drug-likeness (QED) is 0.846. The Morgan fingerprint density at radius 1 is 1.04 bits per heavy atom. The van der Waals surface area contributed by atoms with Crippen molar-refractivity contribution in [1.29, 1.82) is 0 Å². The summed E-state index contributed by atoms with van der Waals surface area (Å²) in [5.74, 6) is -0.586. The molecule has 5 rings (SSSR count). The summed E-state index contributed by atoms with van der Waals surface area (Å²) in [5.41, 5.74) is 1.42. The molecule has 25 heavy (non-hydrogen) atoms. The first-order valence-electron chi connectivity index (χ1n) is 9.48. The van der Waals surface area contributed by atoms with Gasteiger partial charge in [0.2, 0.25) is 5.91 Å². The van der Waals surface area contributed by atoms with Crippen molar-refractivity contribution in [3.05, 3.63) is 11.4 Å². The van der Waals surface area contributed by atoms with Crippen LogP contribution in [-0.4, -0.2) is 38.5 Å². The molecule has 4 aliphatic carbocycles. The zero-order chi connectivity index (χ0) is 17.5. The normalized spacial score (nSPS) is 30.7. The summed E-state index contributed by atoms with van der Waals surface area (Å²) < 4.78 is 1.93. The minimum absolute atomic E-state index is 0.0974. The molecule has 1 aromatic rings. The minimum Gasteiger partial charge on any atom is -0.481 e. The third-order valence-corrected chi connectivity index (χ3v) is 6.79. The van der Waals surface area contributed by atoms with E-state index in [1.54, 1.807) is 0 Å². The van der Waals surface area contributed by atoms with Crippen LogP contribution in [0.25, 0.3) is 0 Å². The molecule has 7 nitrogen and oxygen atoms in total. The van der Waals surface area contributed by atoms with Crippen LogP contribution in [0.2, 0.25) is 0 Å². The van der Waals surface area contributed by atoms with Crippen LogP contribution in [0.3, 0.4) is 0 Å². The van der Waals surface area contributed by atoms with Gasteiger partial charge in [-0.2, -0.15) is 0 Å². The monoisotopic (exact) mass is 346 g/mol. The molecule has 0 spiro atoms. The average molecular weight is 346 g/mol. The summed E-state index contributed by atoms with van der Waals surface area (Å²) in [6, 6.07) is 0. The zero-order valence-electron chi connectivity index (χ0n) is 14.6. The smallest absolute Gasteiger partial charge is 0.309 e. The van der Waals surface area contributed by atoms with E-state index < -0.39 is 11.4 Å². The van der Waals surface area contributed by atoms with Gasteiger partial charge in [0.25, 0.3) is 0 Å². The highest BCUT2D eigenvalue weighted by Crippen LogP contribution is 2.57. The third-order valence-electron chi connectivity index (χ3n) is 6.79. The van der Waals surface area contributed by atoms with Gasteiger partial charge in [-0.25, -0.2) is 4.68 Å². The molecule has 0 saturated heterocycles. The van der Waals surface area contributed by atoms with Gasteiger partial charge in [0.15, 0.2) is 0 Å². The predicted molar refractivity (Wildman–Crippen MR) is 89.9 cm³/mol. The van der Waals surface area contributed by atoms with Crippen LogP contribution in [-0.2, 0) is 29.0 Å². The number of aryl methyl sites for hydroxylation is 1. The molecule has 3 saturated carbocycles. The number of fused-ring (bicyclic) bond motifs is 4. The van der Waals surface area contributed by atoms with E-state index in [1.165, 1.54) is 18.5 Å². The van der Waals surface area contributed by atoms with Crippen molar-refractivity contribution in [1.82, 2.24) is 20.3 Å². The highest BCUT2D eigenvalue weighted by molar-refractivity contribution is 5.84. The van der Waals surface area contributed by atoms with Gasteiger partial charge in [0.05, 0.1) is 23.3 Å². The molecule has 7 heteroatoms. The third kappa shape index (κ3) is 2.73. The molecule has 0 atom stereocenters. The van der Waals surface area contributed by atoms with Crippen molar-refractivity contribution in [2.45, 2.75) is 70.8 Å². The van der Waals surface area contributed by atoms with Gasteiger partial charge in [-0.05, 0) is 64.2 Å². The Bertz CT molecular complexity index is 672. The lowest BCUT2D eigenvalue weighted by Gasteiger charge is -2.50. The van der Waals surface area contributed by atoms with Crippen LogP contribution in [0.5, 0.6) is 0 Å². The van der Waals surface area contributed by atoms with Crippen LogP contribution in [0.4, 0.5) is 0 Å². The maximum absolute atomic E-state index is 12.8. The molecular formula is C18H26N4O3. The number of carboxylic acids is 1. The second-order valence-corrected chi connectivity index (χ2v) is 8.03. The number of nitrogens with zero attached hydrogens (tertiary/aromatic N) is 3. The van der Waals surface area contributed by atoms with Crippen LogP contribution < -0.4 is 5.32 Å². The van der Waals surface area contributed by atoms with Crippen molar-refractivity contribution < 1.29 is 14.7 Å². The average Bonchev–Trinajstić information content (AvgIpc) is 3.06. The number of carbonyl (C=O) groups is 2. The molecule has 0 aliphatic heterocycles. The number of carbonyl (C=O) groups excluding carboxylic acids is 1. The van der Waals surface area contributed by atoms with Gasteiger partial charge in [0.1, 0.15) is 0 Å². The zero-order valence-corrected chi connectivity index (χ0v) is 14.6. The van der Waals surface area contributed by atoms with Crippen molar-refractivity contribution in [2.75, 3.05) is 6.54 Å². The van der Waals surface area contributed by atoms with Gasteiger partial charge < -0.3 is 10.4 Å². The molecule has 1 amide bonds. The number of carboxylic acid groups (broad SMARTS) is 1. The van der Waals surface area contributed by atoms with Crippen LogP contribution in [0.15, 0.2) is 0 Å². The lowest BCUT2D eigenvalue weighted by Crippen LogP contribution is -2.52. The van der Waals surface area contributed by atoms with Crippen LogP contribution in [0, 0.1) is 10.8 Å². The molecule has 2 N–H and O–H groups in total. The van der Waals surface area contributed by atoms with E-state index in [2.05, 4.69) is 15.6 Å².